The van der Waals surface area contributed by atoms with Crippen molar-refractivity contribution in [3.63, 3.8) is 0 Å². The number of aliphatic hydroxyl groups is 1. The average Bonchev–Trinajstić information content (AvgIpc) is 3.24. The highest BCUT2D eigenvalue weighted by molar-refractivity contribution is 5.91. The zero-order valence-corrected chi connectivity index (χ0v) is 26.2. The maximum Gasteiger partial charge on any atom is 0.288 e. The molecular formula is C32H47N3O9. The zero-order valence-electron chi connectivity index (χ0n) is 26.2. The van der Waals surface area contributed by atoms with Crippen LogP contribution in [-0.2, 0) is 40.3 Å². The number of allylic oxidation sites excluding steroid dienone is 1. The summed E-state index contributed by atoms with van der Waals surface area (Å²) in [5.74, 6) is -1.00. The van der Waals surface area contributed by atoms with Crippen molar-refractivity contribution in [3.05, 3.63) is 63.8 Å². The molecule has 3 heterocycles. The molecule has 0 radical (unpaired) electrons. The van der Waals surface area contributed by atoms with Crippen molar-refractivity contribution in [3.8, 4) is 5.69 Å². The van der Waals surface area contributed by atoms with Crippen LogP contribution in [-0.4, -0.2) is 111 Å². The SMILES string of the molecule is CCO[C@H]1OC(C(=O)N2CCOCCOCCOCCOCC2)=C[C@@H](c2c(C)n(C)n(-c3ccccc3)c2=O)[C@H]1CCCO. The third-order valence-corrected chi connectivity index (χ3v) is 7.97. The number of hydrogen-bond donors (Lipinski definition) is 1. The predicted octanol–water partition coefficient (Wildman–Crippen LogP) is 2.14. The zero-order chi connectivity index (χ0) is 31.3. The van der Waals surface area contributed by atoms with Gasteiger partial charge in [-0.3, -0.25) is 14.3 Å². The third-order valence-electron chi connectivity index (χ3n) is 7.97. The Morgan fingerprint density at radius 1 is 0.955 bits per heavy atom. The molecule has 4 rings (SSSR count). The normalized spacial score (nSPS) is 22.9. The molecule has 0 unspecified atom stereocenters. The number of amides is 1. The van der Waals surface area contributed by atoms with Crippen LogP contribution in [0.1, 0.15) is 36.9 Å². The Morgan fingerprint density at radius 3 is 2.11 bits per heavy atom. The number of aromatic nitrogens is 2. The Kier molecular flexibility index (Phi) is 13.5. The molecule has 244 valence electrons. The number of para-hydroxylation sites is 1. The van der Waals surface area contributed by atoms with Crippen LogP contribution in [0.3, 0.4) is 0 Å². The highest BCUT2D eigenvalue weighted by Gasteiger charge is 2.41. The van der Waals surface area contributed by atoms with Crippen molar-refractivity contribution in [2.75, 3.05) is 79.2 Å². The van der Waals surface area contributed by atoms with Crippen LogP contribution in [0.25, 0.3) is 5.69 Å². The molecule has 1 aromatic carbocycles. The highest BCUT2D eigenvalue weighted by Crippen LogP contribution is 2.40. The minimum Gasteiger partial charge on any atom is -0.459 e. The van der Waals surface area contributed by atoms with Gasteiger partial charge in [-0.05, 0) is 44.9 Å². The highest BCUT2D eigenvalue weighted by atomic mass is 16.7. The molecule has 0 aliphatic carbocycles. The van der Waals surface area contributed by atoms with Crippen molar-refractivity contribution in [2.45, 2.75) is 38.9 Å². The van der Waals surface area contributed by atoms with Crippen molar-refractivity contribution >= 4 is 5.91 Å². The molecule has 2 aromatic rings. The van der Waals surface area contributed by atoms with Gasteiger partial charge in [0.15, 0.2) is 5.76 Å². The summed E-state index contributed by atoms with van der Waals surface area (Å²) >= 11 is 0. The van der Waals surface area contributed by atoms with Crippen molar-refractivity contribution < 1.29 is 38.3 Å². The molecule has 1 N–H and O–H groups in total. The van der Waals surface area contributed by atoms with Gasteiger partial charge in [-0.15, -0.1) is 0 Å². The molecule has 1 saturated heterocycles. The van der Waals surface area contributed by atoms with Gasteiger partial charge in [0.1, 0.15) is 0 Å². The monoisotopic (exact) mass is 617 g/mol. The van der Waals surface area contributed by atoms with E-state index in [-0.39, 0.29) is 29.8 Å². The Hall–Kier alpha value is -3.00. The average molecular weight is 618 g/mol. The topological polar surface area (TPSA) is 123 Å². The maximum atomic E-state index is 14.1. The molecule has 0 bridgehead atoms. The molecule has 0 saturated carbocycles. The summed E-state index contributed by atoms with van der Waals surface area (Å²) in [6.07, 6.45) is 2.02. The fourth-order valence-electron chi connectivity index (χ4n) is 5.65. The van der Waals surface area contributed by atoms with E-state index in [0.29, 0.717) is 91.0 Å². The molecule has 2 aliphatic heterocycles. The lowest BCUT2D eigenvalue weighted by Gasteiger charge is -2.37. The smallest absolute Gasteiger partial charge is 0.288 e. The fourth-order valence-corrected chi connectivity index (χ4v) is 5.65. The van der Waals surface area contributed by atoms with E-state index in [9.17, 15) is 14.7 Å². The molecule has 1 aromatic heterocycles. The van der Waals surface area contributed by atoms with Gasteiger partial charge in [0.25, 0.3) is 11.5 Å². The molecule has 2 aliphatic rings. The van der Waals surface area contributed by atoms with E-state index in [1.807, 2.05) is 55.9 Å². The van der Waals surface area contributed by atoms with E-state index in [1.54, 1.807) is 15.7 Å². The standard InChI is InChI=1S/C32H47N3O9/c1-4-43-32-26(11-8-14-36)27(29-24(2)33(3)35(31(29)38)25-9-6-5-7-10-25)23-28(44-32)30(37)34-12-15-39-17-19-41-21-22-42-20-18-40-16-13-34/h5-7,9-10,23,26-27,32,36H,4,8,11-22H2,1-3H3/t26-,27-,32+/m1/s1. The summed E-state index contributed by atoms with van der Waals surface area (Å²) in [5.41, 5.74) is 1.92. The van der Waals surface area contributed by atoms with Crippen molar-refractivity contribution in [1.29, 1.82) is 0 Å². The lowest BCUT2D eigenvalue weighted by molar-refractivity contribution is -0.171. The quantitative estimate of drug-likeness (QED) is 0.475. The molecular weight excluding hydrogens is 570 g/mol. The summed E-state index contributed by atoms with van der Waals surface area (Å²) in [6.45, 7) is 8.04. The second-order valence-electron chi connectivity index (χ2n) is 10.7. The fraction of sp³-hybridized carbons (Fsp3) is 0.625. The molecule has 1 amide bonds. The van der Waals surface area contributed by atoms with Crippen LogP contribution in [0.15, 0.2) is 47.0 Å². The number of hydrogen-bond acceptors (Lipinski definition) is 9. The minimum atomic E-state index is -0.782. The van der Waals surface area contributed by atoms with Crippen LogP contribution in [0.5, 0.6) is 0 Å². The first-order chi connectivity index (χ1) is 21.5. The summed E-state index contributed by atoms with van der Waals surface area (Å²) < 4.78 is 38.2. The van der Waals surface area contributed by atoms with Crippen molar-refractivity contribution in [1.82, 2.24) is 14.3 Å². The molecule has 0 spiro atoms. The molecule has 3 atom stereocenters. The molecule has 44 heavy (non-hydrogen) atoms. The van der Waals surface area contributed by atoms with Gasteiger partial charge in [-0.2, -0.15) is 0 Å². The minimum absolute atomic E-state index is 0.0105. The first-order valence-corrected chi connectivity index (χ1v) is 15.5. The van der Waals surface area contributed by atoms with Gasteiger partial charge in [0, 0.05) is 56.4 Å². The Balaban J connectivity index is 1.69. The van der Waals surface area contributed by atoms with Crippen LogP contribution in [0, 0.1) is 12.8 Å². The van der Waals surface area contributed by atoms with Crippen molar-refractivity contribution in [2.24, 2.45) is 13.0 Å². The van der Waals surface area contributed by atoms with Crippen LogP contribution in [0.2, 0.25) is 0 Å². The first-order valence-electron chi connectivity index (χ1n) is 15.5. The molecule has 12 nitrogen and oxygen atoms in total. The van der Waals surface area contributed by atoms with Gasteiger partial charge in [0.2, 0.25) is 6.29 Å². The van der Waals surface area contributed by atoms with E-state index in [4.69, 9.17) is 28.4 Å². The number of aliphatic hydroxyl groups excluding tert-OH is 1. The van der Waals surface area contributed by atoms with Crippen LogP contribution >= 0.6 is 0 Å². The van der Waals surface area contributed by atoms with Gasteiger partial charge < -0.3 is 38.4 Å². The molecule has 1 fully saturated rings. The summed E-state index contributed by atoms with van der Waals surface area (Å²) in [7, 11) is 1.85. The summed E-state index contributed by atoms with van der Waals surface area (Å²) in [5, 5.41) is 9.70. The largest absolute Gasteiger partial charge is 0.459 e. The number of rotatable bonds is 8. The van der Waals surface area contributed by atoms with E-state index < -0.39 is 12.2 Å². The molecule has 12 heteroatoms. The summed E-state index contributed by atoms with van der Waals surface area (Å²) in [6, 6.07) is 9.45. The number of ether oxygens (including phenoxy) is 6. The van der Waals surface area contributed by atoms with Gasteiger partial charge in [-0.1, -0.05) is 18.2 Å². The van der Waals surface area contributed by atoms with E-state index in [0.717, 1.165) is 11.4 Å². The third kappa shape index (κ3) is 8.58. The van der Waals surface area contributed by atoms with E-state index in [1.165, 1.54) is 0 Å². The van der Waals surface area contributed by atoms with Gasteiger partial charge in [-0.25, -0.2) is 4.68 Å². The van der Waals surface area contributed by atoms with Crippen LogP contribution < -0.4 is 5.56 Å². The van der Waals surface area contributed by atoms with Gasteiger partial charge in [0.05, 0.1) is 58.5 Å². The first kappa shape index (κ1) is 33.9. The van der Waals surface area contributed by atoms with Crippen LogP contribution in [0.4, 0.5) is 0 Å². The lowest BCUT2D eigenvalue weighted by atomic mass is 9.80. The Bertz CT molecular complexity index is 1240. The van der Waals surface area contributed by atoms with Gasteiger partial charge >= 0.3 is 0 Å². The number of benzene rings is 1. The maximum absolute atomic E-state index is 14.1. The lowest BCUT2D eigenvalue weighted by Crippen LogP contribution is -2.43. The second kappa shape index (κ2) is 17.5. The summed E-state index contributed by atoms with van der Waals surface area (Å²) in [4.78, 5) is 29.8. The number of nitrogens with zero attached hydrogens (tertiary/aromatic N) is 3. The number of carbonyl (C=O) groups excluding carboxylic acids is 1. The van der Waals surface area contributed by atoms with E-state index >= 15 is 0 Å². The Morgan fingerprint density at radius 2 is 1.55 bits per heavy atom. The Labute approximate surface area is 259 Å². The predicted molar refractivity (Wildman–Crippen MR) is 163 cm³/mol. The van der Waals surface area contributed by atoms with E-state index in [2.05, 4.69) is 0 Å². The number of carbonyl (C=O) groups is 1. The second-order valence-corrected chi connectivity index (χ2v) is 10.7.